The second-order valence-electron chi connectivity index (χ2n) is 8.89. The van der Waals surface area contributed by atoms with Crippen molar-refractivity contribution >= 4 is 40.1 Å². The number of fused-ring (bicyclic) bond motifs is 1. The number of hydrogen-bond acceptors (Lipinski definition) is 6. The van der Waals surface area contributed by atoms with E-state index in [0.29, 0.717) is 5.11 Å². The molecule has 4 unspecified atom stereocenters. The molecule has 0 radical (unpaired) electrons. The summed E-state index contributed by atoms with van der Waals surface area (Å²) in [4.78, 5) is 1.95. The van der Waals surface area contributed by atoms with Crippen LogP contribution >= 0.6 is 12.2 Å². The molecular weight excluding hydrogens is 436 g/mol. The van der Waals surface area contributed by atoms with E-state index in [1.54, 1.807) is 7.11 Å². The van der Waals surface area contributed by atoms with E-state index in [1.807, 2.05) is 36.2 Å². The van der Waals surface area contributed by atoms with Crippen molar-refractivity contribution in [1.29, 1.82) is 0 Å². The maximum Gasteiger partial charge on any atom is 0.177 e. The molecule has 0 bridgehead atoms. The Labute approximate surface area is 200 Å². The van der Waals surface area contributed by atoms with Gasteiger partial charge in [0.25, 0.3) is 0 Å². The molecule has 3 aliphatic rings. The van der Waals surface area contributed by atoms with Gasteiger partial charge in [-0.15, -0.1) is 0 Å². The fraction of sp³-hybridized carbons (Fsp3) is 0.480. The van der Waals surface area contributed by atoms with Gasteiger partial charge in [-0.05, 0) is 80.4 Å². The number of anilines is 4. The van der Waals surface area contributed by atoms with E-state index < -0.39 is 0 Å². The van der Waals surface area contributed by atoms with Crippen LogP contribution in [0.2, 0.25) is 0 Å². The lowest BCUT2D eigenvalue weighted by atomic mass is 9.91. The van der Waals surface area contributed by atoms with Crippen molar-refractivity contribution in [2.24, 2.45) is 0 Å². The van der Waals surface area contributed by atoms with Gasteiger partial charge in [0.05, 0.1) is 42.8 Å². The number of benzene rings is 2. The molecule has 2 aromatic carbocycles. The number of rotatable bonds is 5. The number of methoxy groups -OCH3 is 1. The molecule has 0 amide bonds. The van der Waals surface area contributed by atoms with Gasteiger partial charge in [-0.2, -0.15) is 0 Å². The smallest absolute Gasteiger partial charge is 0.177 e. The maximum absolute atomic E-state index is 6.08. The Kier molecular flexibility index (Phi) is 6.57. The number of nitrogens with zero attached hydrogens (tertiary/aromatic N) is 1. The van der Waals surface area contributed by atoms with Crippen LogP contribution in [0.5, 0.6) is 5.75 Å². The van der Waals surface area contributed by atoms with Gasteiger partial charge in [0, 0.05) is 31.6 Å². The standard InChI is InChI=1S/C25H32N4O3S/c1-29(17-8-10-18(30-2)11-9-17)25(33)26-16-7-12-19-20(15-16)28-24(22-6-4-14-32-22)23(27-19)21-5-3-13-31-21/h7-12,15,21-24,27-28H,3-6,13-14H2,1-2H3,(H,26,33). The highest BCUT2D eigenvalue weighted by atomic mass is 32.1. The monoisotopic (exact) mass is 468 g/mol. The van der Waals surface area contributed by atoms with Crippen LogP contribution < -0.4 is 25.6 Å². The molecule has 5 rings (SSSR count). The first-order valence-corrected chi connectivity index (χ1v) is 12.1. The Bertz CT molecular complexity index is 974. The molecule has 3 aliphatic heterocycles. The van der Waals surface area contributed by atoms with E-state index in [9.17, 15) is 0 Å². The van der Waals surface area contributed by atoms with Crippen LogP contribution in [0, 0.1) is 0 Å². The van der Waals surface area contributed by atoms with Crippen molar-refractivity contribution in [2.45, 2.75) is 50.0 Å². The van der Waals surface area contributed by atoms with Crippen LogP contribution in [0.15, 0.2) is 42.5 Å². The van der Waals surface area contributed by atoms with Crippen LogP contribution in [0.25, 0.3) is 0 Å². The summed E-state index contributed by atoms with van der Waals surface area (Å²) >= 11 is 5.67. The molecule has 176 valence electrons. The first-order valence-electron chi connectivity index (χ1n) is 11.7. The zero-order valence-electron chi connectivity index (χ0n) is 19.2. The van der Waals surface area contributed by atoms with Crippen molar-refractivity contribution in [3.63, 3.8) is 0 Å². The SMILES string of the molecule is COc1ccc(N(C)C(=S)Nc2ccc3c(c2)NC(C2CCCO2)C(C2CCCO2)N3)cc1. The lowest BCUT2D eigenvalue weighted by molar-refractivity contribution is 0.0475. The molecule has 3 N–H and O–H groups in total. The summed E-state index contributed by atoms with van der Waals surface area (Å²) in [6.45, 7) is 1.68. The summed E-state index contributed by atoms with van der Waals surface area (Å²) in [7, 11) is 3.62. The third-order valence-corrected chi connectivity index (χ3v) is 7.17. The largest absolute Gasteiger partial charge is 0.497 e. The van der Waals surface area contributed by atoms with Crippen molar-refractivity contribution in [3.8, 4) is 5.75 Å². The maximum atomic E-state index is 6.08. The fourth-order valence-electron chi connectivity index (χ4n) is 4.96. The number of ether oxygens (including phenoxy) is 3. The fourth-order valence-corrected chi connectivity index (χ4v) is 5.18. The average Bonchev–Trinajstić information content (AvgIpc) is 3.57. The summed E-state index contributed by atoms with van der Waals surface area (Å²) in [6, 6.07) is 14.5. The number of nitrogens with one attached hydrogen (secondary N) is 3. The molecule has 2 saturated heterocycles. The summed E-state index contributed by atoms with van der Waals surface area (Å²) in [5, 5.41) is 11.5. The normalized spacial score (nSPS) is 26.1. The van der Waals surface area contributed by atoms with E-state index in [-0.39, 0.29) is 24.3 Å². The Hall–Kier alpha value is -2.55. The first-order chi connectivity index (χ1) is 16.1. The van der Waals surface area contributed by atoms with Crippen molar-refractivity contribution in [3.05, 3.63) is 42.5 Å². The molecule has 33 heavy (non-hydrogen) atoms. The van der Waals surface area contributed by atoms with Crippen LogP contribution in [-0.4, -0.2) is 56.8 Å². The van der Waals surface area contributed by atoms with Crippen molar-refractivity contribution in [2.75, 3.05) is 48.2 Å². The van der Waals surface area contributed by atoms with E-state index in [2.05, 4.69) is 34.1 Å². The summed E-state index contributed by atoms with van der Waals surface area (Å²) in [5.74, 6) is 0.821. The van der Waals surface area contributed by atoms with E-state index >= 15 is 0 Å². The van der Waals surface area contributed by atoms with Gasteiger partial charge in [-0.25, -0.2) is 0 Å². The van der Waals surface area contributed by atoms with Gasteiger partial charge >= 0.3 is 0 Å². The van der Waals surface area contributed by atoms with E-state index in [4.69, 9.17) is 26.4 Å². The third-order valence-electron chi connectivity index (χ3n) is 6.80. The van der Waals surface area contributed by atoms with Crippen LogP contribution in [-0.2, 0) is 9.47 Å². The summed E-state index contributed by atoms with van der Waals surface area (Å²) < 4.78 is 17.4. The first kappa shape index (κ1) is 22.3. The lowest BCUT2D eigenvalue weighted by Crippen LogP contribution is -2.55. The molecule has 0 aliphatic carbocycles. The zero-order chi connectivity index (χ0) is 22.8. The lowest BCUT2D eigenvalue weighted by Gasteiger charge is -2.41. The molecule has 2 fully saturated rings. The highest BCUT2D eigenvalue weighted by Crippen LogP contribution is 2.37. The number of thiocarbonyl (C=S) groups is 1. The molecule has 3 heterocycles. The van der Waals surface area contributed by atoms with Gasteiger partial charge in [-0.3, -0.25) is 0 Å². The van der Waals surface area contributed by atoms with Gasteiger partial charge in [0.2, 0.25) is 0 Å². The molecule has 2 aromatic rings. The molecule has 8 heteroatoms. The minimum atomic E-state index is 0.173. The molecule has 0 saturated carbocycles. The second kappa shape index (κ2) is 9.75. The molecule has 0 aromatic heterocycles. The van der Waals surface area contributed by atoms with Crippen molar-refractivity contribution < 1.29 is 14.2 Å². The molecular formula is C25H32N4O3S. The van der Waals surface area contributed by atoms with Crippen LogP contribution in [0.4, 0.5) is 22.7 Å². The van der Waals surface area contributed by atoms with Gasteiger partial charge in [0.15, 0.2) is 5.11 Å². The van der Waals surface area contributed by atoms with Gasteiger partial charge in [-0.1, -0.05) is 0 Å². The molecule has 0 spiro atoms. The number of hydrogen-bond donors (Lipinski definition) is 3. The Morgan fingerprint density at radius 1 is 0.970 bits per heavy atom. The Morgan fingerprint density at radius 3 is 2.18 bits per heavy atom. The molecule has 7 nitrogen and oxygen atoms in total. The topological polar surface area (TPSA) is 67.0 Å². The van der Waals surface area contributed by atoms with E-state index in [1.165, 1.54) is 0 Å². The average molecular weight is 469 g/mol. The van der Waals surface area contributed by atoms with Crippen LogP contribution in [0.1, 0.15) is 25.7 Å². The third kappa shape index (κ3) is 4.74. The predicted molar refractivity (Wildman–Crippen MR) is 137 cm³/mol. The van der Waals surface area contributed by atoms with Gasteiger partial charge < -0.3 is 35.1 Å². The van der Waals surface area contributed by atoms with Gasteiger partial charge in [0.1, 0.15) is 5.75 Å². The highest BCUT2D eigenvalue weighted by molar-refractivity contribution is 7.80. The summed E-state index contributed by atoms with van der Waals surface area (Å²) in [6.07, 6.45) is 4.80. The second-order valence-corrected chi connectivity index (χ2v) is 9.28. The quantitative estimate of drug-likeness (QED) is 0.556. The summed E-state index contributed by atoms with van der Waals surface area (Å²) in [5.41, 5.74) is 4.08. The Morgan fingerprint density at radius 2 is 1.61 bits per heavy atom. The van der Waals surface area contributed by atoms with Crippen LogP contribution in [0.3, 0.4) is 0 Å². The van der Waals surface area contributed by atoms with Crippen molar-refractivity contribution in [1.82, 2.24) is 0 Å². The predicted octanol–water partition coefficient (Wildman–Crippen LogP) is 4.46. The van der Waals surface area contributed by atoms with E-state index in [0.717, 1.165) is 67.4 Å². The highest BCUT2D eigenvalue weighted by Gasteiger charge is 2.41. The Balaban J connectivity index is 1.31. The minimum Gasteiger partial charge on any atom is -0.497 e. The zero-order valence-corrected chi connectivity index (χ0v) is 20.0. The minimum absolute atomic E-state index is 0.173. The molecule has 4 atom stereocenters.